The SMILES string of the molecule is Cc1cccc(S(=O)(=O)NCCCCc2ccc3c(c2)OCCO3)c1. The Morgan fingerprint density at radius 2 is 1.80 bits per heavy atom. The summed E-state index contributed by atoms with van der Waals surface area (Å²) in [5, 5.41) is 0. The zero-order valence-corrected chi connectivity index (χ0v) is 15.1. The summed E-state index contributed by atoms with van der Waals surface area (Å²) >= 11 is 0. The lowest BCUT2D eigenvalue weighted by atomic mass is 10.1. The van der Waals surface area contributed by atoms with Gasteiger partial charge >= 0.3 is 0 Å². The first kappa shape index (κ1) is 17.8. The number of fused-ring (bicyclic) bond motifs is 1. The Morgan fingerprint density at radius 3 is 2.60 bits per heavy atom. The molecule has 0 aromatic heterocycles. The molecule has 1 heterocycles. The van der Waals surface area contributed by atoms with Crippen molar-refractivity contribution >= 4 is 10.0 Å². The molecule has 0 spiro atoms. The minimum atomic E-state index is -3.43. The lowest BCUT2D eigenvalue weighted by Crippen LogP contribution is -2.24. The second kappa shape index (κ2) is 7.89. The molecule has 0 aliphatic carbocycles. The van der Waals surface area contributed by atoms with Crippen molar-refractivity contribution in [3.05, 3.63) is 53.6 Å². The molecule has 3 rings (SSSR count). The summed E-state index contributed by atoms with van der Waals surface area (Å²) in [6.45, 7) is 3.48. The van der Waals surface area contributed by atoms with Crippen molar-refractivity contribution in [1.29, 1.82) is 0 Å². The Bertz CT molecular complexity index is 833. The van der Waals surface area contributed by atoms with Crippen LogP contribution >= 0.6 is 0 Å². The largest absolute Gasteiger partial charge is 0.486 e. The maximum Gasteiger partial charge on any atom is 0.240 e. The molecule has 1 aliphatic heterocycles. The molecule has 0 radical (unpaired) electrons. The van der Waals surface area contributed by atoms with Gasteiger partial charge in [-0.1, -0.05) is 18.2 Å². The Balaban J connectivity index is 1.46. The first-order valence-corrected chi connectivity index (χ1v) is 9.98. The Labute approximate surface area is 149 Å². The Kier molecular flexibility index (Phi) is 5.60. The van der Waals surface area contributed by atoms with Crippen LogP contribution in [0.3, 0.4) is 0 Å². The molecular formula is C19H23NO4S. The third kappa shape index (κ3) is 4.74. The van der Waals surface area contributed by atoms with Crippen LogP contribution in [0.4, 0.5) is 0 Å². The number of unbranched alkanes of at least 4 members (excludes halogenated alkanes) is 1. The lowest BCUT2D eigenvalue weighted by Gasteiger charge is -2.18. The number of benzene rings is 2. The molecule has 0 atom stereocenters. The highest BCUT2D eigenvalue weighted by Gasteiger charge is 2.13. The van der Waals surface area contributed by atoms with Gasteiger partial charge in [-0.15, -0.1) is 0 Å². The van der Waals surface area contributed by atoms with Crippen molar-refractivity contribution in [3.63, 3.8) is 0 Å². The zero-order valence-electron chi connectivity index (χ0n) is 14.3. The molecule has 0 amide bonds. The first-order chi connectivity index (χ1) is 12.0. The van der Waals surface area contributed by atoms with Crippen LogP contribution in [0.25, 0.3) is 0 Å². The summed E-state index contributed by atoms with van der Waals surface area (Å²) in [5.74, 6) is 1.59. The highest BCUT2D eigenvalue weighted by molar-refractivity contribution is 7.89. The maximum absolute atomic E-state index is 12.2. The second-order valence-electron chi connectivity index (χ2n) is 6.15. The van der Waals surface area contributed by atoms with E-state index in [2.05, 4.69) is 4.72 Å². The van der Waals surface area contributed by atoms with Gasteiger partial charge in [0, 0.05) is 6.54 Å². The van der Waals surface area contributed by atoms with E-state index in [0.29, 0.717) is 24.7 Å². The number of hydrogen-bond acceptors (Lipinski definition) is 4. The molecular weight excluding hydrogens is 338 g/mol. The minimum Gasteiger partial charge on any atom is -0.486 e. The average Bonchev–Trinajstić information content (AvgIpc) is 2.61. The predicted octanol–water partition coefficient (Wildman–Crippen LogP) is 3.07. The molecule has 1 aliphatic rings. The average molecular weight is 361 g/mol. The lowest BCUT2D eigenvalue weighted by molar-refractivity contribution is 0.171. The molecule has 134 valence electrons. The van der Waals surface area contributed by atoms with Gasteiger partial charge in [-0.25, -0.2) is 13.1 Å². The molecule has 0 bridgehead atoms. The second-order valence-corrected chi connectivity index (χ2v) is 7.92. The summed E-state index contributed by atoms with van der Waals surface area (Å²) in [4.78, 5) is 0.319. The van der Waals surface area contributed by atoms with E-state index >= 15 is 0 Å². The molecule has 0 unspecified atom stereocenters. The Hall–Kier alpha value is -2.05. The summed E-state index contributed by atoms with van der Waals surface area (Å²) in [6.07, 6.45) is 2.55. The van der Waals surface area contributed by atoms with Crippen LogP contribution in [0, 0.1) is 6.92 Å². The van der Waals surface area contributed by atoms with Gasteiger partial charge in [-0.05, 0) is 61.6 Å². The van der Waals surface area contributed by atoms with Crippen molar-refractivity contribution in [2.24, 2.45) is 0 Å². The number of rotatable bonds is 7. The minimum absolute atomic E-state index is 0.319. The molecule has 0 saturated carbocycles. The number of hydrogen-bond donors (Lipinski definition) is 1. The van der Waals surface area contributed by atoms with E-state index in [0.717, 1.165) is 36.3 Å². The molecule has 2 aromatic rings. The number of nitrogens with one attached hydrogen (secondary N) is 1. The van der Waals surface area contributed by atoms with E-state index in [1.165, 1.54) is 5.56 Å². The van der Waals surface area contributed by atoms with E-state index in [1.54, 1.807) is 18.2 Å². The van der Waals surface area contributed by atoms with Gasteiger partial charge in [-0.2, -0.15) is 0 Å². The van der Waals surface area contributed by atoms with E-state index < -0.39 is 10.0 Å². The normalized spacial score (nSPS) is 13.6. The topological polar surface area (TPSA) is 64.6 Å². The Morgan fingerprint density at radius 1 is 1.00 bits per heavy atom. The van der Waals surface area contributed by atoms with Crippen molar-refractivity contribution in [2.75, 3.05) is 19.8 Å². The maximum atomic E-state index is 12.2. The van der Waals surface area contributed by atoms with Crippen molar-refractivity contribution in [3.8, 4) is 11.5 Å². The van der Waals surface area contributed by atoms with Crippen LogP contribution in [-0.2, 0) is 16.4 Å². The van der Waals surface area contributed by atoms with Crippen LogP contribution < -0.4 is 14.2 Å². The standard InChI is InChI=1S/C19H23NO4S/c1-15-5-4-7-17(13-15)25(21,22)20-10-3-2-6-16-8-9-18-19(14-16)24-12-11-23-18/h4-5,7-9,13-14,20H,2-3,6,10-12H2,1H3. The van der Waals surface area contributed by atoms with Gasteiger partial charge in [0.25, 0.3) is 0 Å². The fourth-order valence-corrected chi connectivity index (χ4v) is 3.95. The highest BCUT2D eigenvalue weighted by Crippen LogP contribution is 2.31. The summed E-state index contributed by atoms with van der Waals surface area (Å²) in [6, 6.07) is 12.9. The van der Waals surface area contributed by atoms with Gasteiger partial charge in [0.2, 0.25) is 10.0 Å². The quantitative estimate of drug-likeness (QED) is 0.770. The van der Waals surface area contributed by atoms with E-state index in [4.69, 9.17) is 9.47 Å². The fraction of sp³-hybridized carbons (Fsp3) is 0.368. The van der Waals surface area contributed by atoms with Gasteiger partial charge in [0.1, 0.15) is 13.2 Å². The smallest absolute Gasteiger partial charge is 0.240 e. The first-order valence-electron chi connectivity index (χ1n) is 8.49. The number of sulfonamides is 1. The van der Waals surface area contributed by atoms with Crippen molar-refractivity contribution in [2.45, 2.75) is 31.1 Å². The van der Waals surface area contributed by atoms with Gasteiger partial charge in [0.05, 0.1) is 4.90 Å². The molecule has 1 N–H and O–H groups in total. The van der Waals surface area contributed by atoms with Crippen LogP contribution in [0.2, 0.25) is 0 Å². The molecule has 6 heteroatoms. The number of aryl methyl sites for hydroxylation is 2. The predicted molar refractivity (Wildman–Crippen MR) is 96.7 cm³/mol. The third-order valence-electron chi connectivity index (χ3n) is 4.09. The summed E-state index contributed by atoms with van der Waals surface area (Å²) in [5.41, 5.74) is 2.10. The zero-order chi connectivity index (χ0) is 17.7. The molecule has 0 fully saturated rings. The monoisotopic (exact) mass is 361 g/mol. The van der Waals surface area contributed by atoms with Crippen molar-refractivity contribution < 1.29 is 17.9 Å². The van der Waals surface area contributed by atoms with Gasteiger partial charge < -0.3 is 9.47 Å². The van der Waals surface area contributed by atoms with E-state index in [1.807, 2.05) is 31.2 Å². The van der Waals surface area contributed by atoms with Crippen LogP contribution in [-0.4, -0.2) is 28.2 Å². The number of ether oxygens (including phenoxy) is 2. The molecule has 5 nitrogen and oxygen atoms in total. The highest BCUT2D eigenvalue weighted by atomic mass is 32.2. The summed E-state index contributed by atoms with van der Waals surface area (Å²) in [7, 11) is -3.43. The van der Waals surface area contributed by atoms with E-state index in [-0.39, 0.29) is 0 Å². The third-order valence-corrected chi connectivity index (χ3v) is 5.55. The van der Waals surface area contributed by atoms with E-state index in [9.17, 15) is 8.42 Å². The summed E-state index contributed by atoms with van der Waals surface area (Å²) < 4.78 is 38.2. The van der Waals surface area contributed by atoms with Crippen LogP contribution in [0.15, 0.2) is 47.4 Å². The van der Waals surface area contributed by atoms with Crippen molar-refractivity contribution in [1.82, 2.24) is 4.72 Å². The van der Waals surface area contributed by atoms with Crippen LogP contribution in [0.1, 0.15) is 24.0 Å². The van der Waals surface area contributed by atoms with Gasteiger partial charge in [-0.3, -0.25) is 0 Å². The molecule has 0 saturated heterocycles. The molecule has 25 heavy (non-hydrogen) atoms. The van der Waals surface area contributed by atoms with Crippen LogP contribution in [0.5, 0.6) is 11.5 Å². The molecule has 2 aromatic carbocycles. The van der Waals surface area contributed by atoms with Gasteiger partial charge in [0.15, 0.2) is 11.5 Å². The fourth-order valence-electron chi connectivity index (χ4n) is 2.77.